The molecule has 1 aliphatic heterocycles. The highest BCUT2D eigenvalue weighted by atomic mass is 16.5. The summed E-state index contributed by atoms with van der Waals surface area (Å²) >= 11 is 0. The molecule has 1 saturated heterocycles. The number of nitrogens with one attached hydrogen (secondary N) is 1. The van der Waals surface area contributed by atoms with Gasteiger partial charge in [0.1, 0.15) is 11.5 Å². The second-order valence-electron chi connectivity index (χ2n) is 4.83. The minimum Gasteiger partial charge on any atom is -0.496 e. The van der Waals surface area contributed by atoms with Gasteiger partial charge in [0.15, 0.2) is 0 Å². The molecule has 1 fully saturated rings. The Balaban J connectivity index is 2.50. The number of urea groups is 1. The summed E-state index contributed by atoms with van der Waals surface area (Å²) in [7, 11) is 5.08. The zero-order valence-electron chi connectivity index (χ0n) is 12.0. The Hall–Kier alpha value is -1.91. The lowest BCUT2D eigenvalue weighted by Crippen LogP contribution is -2.24. The Labute approximate surface area is 113 Å². The van der Waals surface area contributed by atoms with Gasteiger partial charge in [-0.1, -0.05) is 0 Å². The highest BCUT2D eigenvalue weighted by Crippen LogP contribution is 2.37. The van der Waals surface area contributed by atoms with Crippen molar-refractivity contribution >= 4 is 6.03 Å². The van der Waals surface area contributed by atoms with Crippen molar-refractivity contribution in [1.82, 2.24) is 10.2 Å². The number of likely N-dealkylation sites (N-methyl/N-ethyl adjacent to an activating group) is 1. The summed E-state index contributed by atoms with van der Waals surface area (Å²) in [6.45, 7) is 4.63. The van der Waals surface area contributed by atoms with E-state index in [0.717, 1.165) is 28.2 Å². The molecular weight excluding hydrogens is 244 g/mol. The van der Waals surface area contributed by atoms with Crippen molar-refractivity contribution in [2.75, 3.05) is 27.8 Å². The fourth-order valence-corrected chi connectivity index (χ4v) is 2.47. The summed E-state index contributed by atoms with van der Waals surface area (Å²) in [4.78, 5) is 13.3. The summed E-state index contributed by atoms with van der Waals surface area (Å²) < 4.78 is 10.9. The lowest BCUT2D eigenvalue weighted by Gasteiger charge is -2.20. The molecule has 1 unspecified atom stereocenters. The lowest BCUT2D eigenvalue weighted by molar-refractivity contribution is 0.226. The predicted molar refractivity (Wildman–Crippen MR) is 72.9 cm³/mol. The predicted octanol–water partition coefficient (Wildman–Crippen LogP) is 2.02. The zero-order chi connectivity index (χ0) is 14.2. The van der Waals surface area contributed by atoms with Gasteiger partial charge in [0.2, 0.25) is 0 Å². The molecule has 2 amide bonds. The maximum absolute atomic E-state index is 11.6. The summed E-state index contributed by atoms with van der Waals surface area (Å²) in [6, 6.07) is 1.82. The number of carbonyl (C=O) groups is 1. The summed E-state index contributed by atoms with van der Waals surface area (Å²) in [6.07, 6.45) is 0. The molecule has 1 N–H and O–H groups in total. The molecule has 0 spiro atoms. The molecule has 19 heavy (non-hydrogen) atoms. The molecule has 1 aromatic rings. The molecule has 0 saturated carbocycles. The van der Waals surface area contributed by atoms with Gasteiger partial charge in [0, 0.05) is 19.2 Å². The first kappa shape index (κ1) is 13.5. The smallest absolute Gasteiger partial charge is 0.317 e. The minimum absolute atomic E-state index is 0.0655. The van der Waals surface area contributed by atoms with Crippen LogP contribution in [0, 0.1) is 13.8 Å². The highest BCUT2D eigenvalue weighted by molar-refractivity contribution is 5.77. The quantitative estimate of drug-likeness (QED) is 0.908. The van der Waals surface area contributed by atoms with E-state index < -0.39 is 0 Å². The summed E-state index contributed by atoms with van der Waals surface area (Å²) in [5, 5.41) is 2.94. The van der Waals surface area contributed by atoms with E-state index in [1.165, 1.54) is 0 Å². The minimum atomic E-state index is -0.0688. The van der Waals surface area contributed by atoms with Crippen molar-refractivity contribution in [1.29, 1.82) is 0 Å². The van der Waals surface area contributed by atoms with Crippen molar-refractivity contribution in [2.45, 2.75) is 19.9 Å². The van der Waals surface area contributed by atoms with E-state index in [-0.39, 0.29) is 12.1 Å². The van der Waals surface area contributed by atoms with Crippen LogP contribution < -0.4 is 14.8 Å². The maximum Gasteiger partial charge on any atom is 0.317 e. The topological polar surface area (TPSA) is 50.8 Å². The molecule has 1 aliphatic rings. The number of carbonyl (C=O) groups excluding carboxylic acids is 1. The normalized spacial score (nSPS) is 18.5. The van der Waals surface area contributed by atoms with Crippen molar-refractivity contribution in [2.24, 2.45) is 0 Å². The Morgan fingerprint density at radius 1 is 1.26 bits per heavy atom. The van der Waals surface area contributed by atoms with Gasteiger partial charge in [-0.3, -0.25) is 0 Å². The average Bonchev–Trinajstić information content (AvgIpc) is 2.72. The van der Waals surface area contributed by atoms with E-state index in [2.05, 4.69) is 5.32 Å². The molecule has 0 bridgehead atoms. The molecule has 1 atom stereocenters. The van der Waals surface area contributed by atoms with Crippen LogP contribution in [0.3, 0.4) is 0 Å². The van der Waals surface area contributed by atoms with E-state index in [9.17, 15) is 4.79 Å². The van der Waals surface area contributed by atoms with E-state index in [4.69, 9.17) is 9.47 Å². The fraction of sp³-hybridized carbons (Fsp3) is 0.500. The first-order valence-corrected chi connectivity index (χ1v) is 6.23. The van der Waals surface area contributed by atoms with Crippen LogP contribution in [0.2, 0.25) is 0 Å². The lowest BCUT2D eigenvalue weighted by atomic mass is 9.98. The molecule has 5 nitrogen and oxygen atoms in total. The Kier molecular flexibility index (Phi) is 3.55. The fourth-order valence-electron chi connectivity index (χ4n) is 2.47. The third-order valence-electron chi connectivity index (χ3n) is 3.72. The largest absolute Gasteiger partial charge is 0.496 e. The van der Waals surface area contributed by atoms with Gasteiger partial charge in [-0.2, -0.15) is 0 Å². The van der Waals surface area contributed by atoms with Crippen LogP contribution in [-0.2, 0) is 0 Å². The van der Waals surface area contributed by atoms with Gasteiger partial charge in [-0.05, 0) is 31.0 Å². The molecule has 1 aromatic carbocycles. The number of benzene rings is 1. The van der Waals surface area contributed by atoms with Crippen molar-refractivity contribution < 1.29 is 14.3 Å². The van der Waals surface area contributed by atoms with Crippen molar-refractivity contribution in [3.8, 4) is 11.5 Å². The molecule has 0 radical (unpaired) electrons. The monoisotopic (exact) mass is 264 g/mol. The average molecular weight is 264 g/mol. The maximum atomic E-state index is 11.6. The van der Waals surface area contributed by atoms with E-state index in [1.807, 2.05) is 19.9 Å². The van der Waals surface area contributed by atoms with Crippen LogP contribution >= 0.6 is 0 Å². The Bertz CT molecular complexity index is 514. The summed E-state index contributed by atoms with van der Waals surface area (Å²) in [5.74, 6) is 1.64. The van der Waals surface area contributed by atoms with Gasteiger partial charge in [0.05, 0.1) is 20.3 Å². The SMILES string of the molecule is COc1cc(C2CN(C)C(=O)N2)c(OC)c(C)c1C. The number of amides is 2. The molecule has 2 rings (SSSR count). The number of methoxy groups -OCH3 is 2. The second-order valence-corrected chi connectivity index (χ2v) is 4.83. The van der Waals surface area contributed by atoms with E-state index in [0.29, 0.717) is 6.54 Å². The van der Waals surface area contributed by atoms with Crippen LogP contribution in [0.4, 0.5) is 4.79 Å². The number of nitrogens with zero attached hydrogens (tertiary/aromatic N) is 1. The molecule has 1 heterocycles. The molecule has 5 heteroatoms. The Morgan fingerprint density at radius 2 is 1.95 bits per heavy atom. The second kappa shape index (κ2) is 4.99. The highest BCUT2D eigenvalue weighted by Gasteiger charge is 2.30. The van der Waals surface area contributed by atoms with Gasteiger partial charge in [-0.15, -0.1) is 0 Å². The van der Waals surface area contributed by atoms with Crippen molar-refractivity contribution in [3.63, 3.8) is 0 Å². The van der Waals surface area contributed by atoms with Gasteiger partial charge in [0.25, 0.3) is 0 Å². The number of ether oxygens (including phenoxy) is 2. The number of hydrogen-bond acceptors (Lipinski definition) is 3. The Morgan fingerprint density at radius 3 is 2.42 bits per heavy atom. The van der Waals surface area contributed by atoms with Gasteiger partial charge in [-0.25, -0.2) is 4.79 Å². The zero-order valence-corrected chi connectivity index (χ0v) is 12.0. The third kappa shape index (κ3) is 2.20. The van der Waals surface area contributed by atoms with E-state index >= 15 is 0 Å². The summed E-state index contributed by atoms with van der Waals surface area (Å²) in [5.41, 5.74) is 3.06. The van der Waals surface area contributed by atoms with E-state index in [1.54, 1.807) is 26.2 Å². The number of rotatable bonds is 3. The molecule has 0 aliphatic carbocycles. The van der Waals surface area contributed by atoms with Crippen LogP contribution in [-0.4, -0.2) is 38.7 Å². The van der Waals surface area contributed by atoms with Crippen LogP contribution in [0.15, 0.2) is 6.07 Å². The first-order chi connectivity index (χ1) is 8.99. The standard InChI is InChI=1S/C14H20N2O3/c1-8-9(2)13(19-5)10(6-12(8)18-4)11-7-16(3)14(17)15-11/h6,11H,7H2,1-5H3,(H,15,17). The molecular formula is C14H20N2O3. The van der Waals surface area contributed by atoms with Crippen LogP contribution in [0.25, 0.3) is 0 Å². The van der Waals surface area contributed by atoms with Gasteiger partial charge >= 0.3 is 6.03 Å². The first-order valence-electron chi connectivity index (χ1n) is 6.23. The van der Waals surface area contributed by atoms with Crippen molar-refractivity contribution in [3.05, 3.63) is 22.8 Å². The number of hydrogen-bond donors (Lipinski definition) is 1. The van der Waals surface area contributed by atoms with Crippen LogP contribution in [0.1, 0.15) is 22.7 Å². The van der Waals surface area contributed by atoms with Gasteiger partial charge < -0.3 is 19.7 Å². The molecule has 104 valence electrons. The molecule has 0 aromatic heterocycles. The third-order valence-corrected chi connectivity index (χ3v) is 3.72. The van der Waals surface area contributed by atoms with Crippen LogP contribution in [0.5, 0.6) is 11.5 Å².